The van der Waals surface area contributed by atoms with Crippen molar-refractivity contribution in [3.05, 3.63) is 60.2 Å². The van der Waals surface area contributed by atoms with Gasteiger partial charge in [-0.2, -0.15) is 0 Å². The van der Waals surface area contributed by atoms with Crippen LogP contribution in [0.2, 0.25) is 0 Å². The number of carbonyl (C=O) groups excluding carboxylic acids is 2. The van der Waals surface area contributed by atoms with Crippen LogP contribution in [0.5, 0.6) is 11.5 Å². The summed E-state index contributed by atoms with van der Waals surface area (Å²) in [6, 6.07) is 15.3. The summed E-state index contributed by atoms with van der Waals surface area (Å²) < 4.78 is 5.85. The fraction of sp³-hybridized carbons (Fsp3) is 0.364. The fourth-order valence-corrected chi connectivity index (χ4v) is 2.83. The lowest BCUT2D eigenvalue weighted by Crippen LogP contribution is -2.55. The second kappa shape index (κ2) is 9.93. The molecular weight excluding hydrogens is 368 g/mol. The van der Waals surface area contributed by atoms with Crippen molar-refractivity contribution in [1.82, 2.24) is 10.6 Å². The maximum absolute atomic E-state index is 12.7. The molecule has 0 aliphatic rings. The Morgan fingerprint density at radius 3 is 2.31 bits per heavy atom. The summed E-state index contributed by atoms with van der Waals surface area (Å²) in [5, 5.41) is 5.63. The van der Waals surface area contributed by atoms with Crippen molar-refractivity contribution in [2.45, 2.75) is 38.8 Å². The van der Waals surface area contributed by atoms with E-state index < -0.39 is 17.6 Å². The van der Waals surface area contributed by atoms with Crippen LogP contribution in [-0.2, 0) is 4.79 Å². The minimum absolute atomic E-state index is 0.0278. The zero-order valence-corrected chi connectivity index (χ0v) is 17.1. The van der Waals surface area contributed by atoms with Crippen LogP contribution in [0.1, 0.15) is 38.8 Å². The first-order valence-electron chi connectivity index (χ1n) is 9.63. The Bertz CT molecular complexity index is 826. The molecule has 2 aromatic carbocycles. The van der Waals surface area contributed by atoms with E-state index in [0.29, 0.717) is 23.6 Å². The average molecular weight is 399 g/mol. The molecule has 0 aromatic heterocycles. The molecule has 0 fully saturated rings. The van der Waals surface area contributed by atoms with Crippen LogP contribution in [0.15, 0.2) is 54.6 Å². The van der Waals surface area contributed by atoms with Gasteiger partial charge in [0.2, 0.25) is 5.91 Å². The third-order valence-corrected chi connectivity index (χ3v) is 5.07. The van der Waals surface area contributed by atoms with Crippen molar-refractivity contribution in [1.29, 1.82) is 0 Å². The Balaban J connectivity index is 2.18. The molecule has 2 aromatic rings. The second-order valence-electron chi connectivity index (χ2n) is 7.58. The lowest BCUT2D eigenvalue weighted by molar-refractivity contribution is -0.123. The molecule has 0 heterocycles. The molecular formula is C22H30N4O3. The third kappa shape index (κ3) is 6.50. The van der Waals surface area contributed by atoms with Crippen LogP contribution < -0.4 is 26.8 Å². The molecule has 7 nitrogen and oxygen atoms in total. The Hall–Kier alpha value is -3.06. The summed E-state index contributed by atoms with van der Waals surface area (Å²) >= 11 is 0. The van der Waals surface area contributed by atoms with E-state index in [2.05, 4.69) is 10.6 Å². The van der Waals surface area contributed by atoms with Gasteiger partial charge < -0.3 is 26.8 Å². The quantitative estimate of drug-likeness (QED) is 0.519. The van der Waals surface area contributed by atoms with Gasteiger partial charge in [-0.05, 0) is 42.7 Å². The zero-order chi connectivity index (χ0) is 21.4. The van der Waals surface area contributed by atoms with E-state index in [1.807, 2.05) is 63.2 Å². The summed E-state index contributed by atoms with van der Waals surface area (Å²) in [5.41, 5.74) is 11.4. The Labute approximate surface area is 171 Å². The number of nitrogens with two attached hydrogens (primary N) is 2. The van der Waals surface area contributed by atoms with Crippen molar-refractivity contribution in [3.8, 4) is 11.5 Å². The van der Waals surface area contributed by atoms with Crippen LogP contribution in [0.4, 0.5) is 4.79 Å². The average Bonchev–Trinajstić information content (AvgIpc) is 2.68. The van der Waals surface area contributed by atoms with Gasteiger partial charge in [0.05, 0.1) is 18.0 Å². The second-order valence-corrected chi connectivity index (χ2v) is 7.58. The van der Waals surface area contributed by atoms with E-state index in [1.165, 1.54) is 0 Å². The molecule has 29 heavy (non-hydrogen) atoms. The van der Waals surface area contributed by atoms with Gasteiger partial charge in [-0.1, -0.05) is 44.2 Å². The standard InChI is InChI=1S/C22H30N4O3/c1-15(2)22(3,14-23)26-20(27)13-19(25-21(24)28)16-8-7-11-18(12-16)29-17-9-5-4-6-10-17/h4-12,15,19H,13-14,23H2,1-3H3,(H,26,27)(H3,24,25,28). The number of carbonyl (C=O) groups is 2. The molecule has 156 valence electrons. The summed E-state index contributed by atoms with van der Waals surface area (Å²) in [6.45, 7) is 6.21. The van der Waals surface area contributed by atoms with Gasteiger partial charge in [-0.25, -0.2) is 4.79 Å². The minimum atomic E-state index is -0.706. The Morgan fingerprint density at radius 1 is 1.07 bits per heavy atom. The van der Waals surface area contributed by atoms with Gasteiger partial charge in [0.1, 0.15) is 11.5 Å². The largest absolute Gasteiger partial charge is 0.457 e. The van der Waals surface area contributed by atoms with Crippen molar-refractivity contribution in [2.75, 3.05) is 6.54 Å². The van der Waals surface area contributed by atoms with Gasteiger partial charge in [0, 0.05) is 6.54 Å². The van der Waals surface area contributed by atoms with Crippen molar-refractivity contribution in [2.24, 2.45) is 17.4 Å². The summed E-state index contributed by atoms with van der Waals surface area (Å²) in [4.78, 5) is 24.2. The number of urea groups is 1. The molecule has 0 radical (unpaired) electrons. The van der Waals surface area contributed by atoms with Crippen molar-refractivity contribution in [3.63, 3.8) is 0 Å². The smallest absolute Gasteiger partial charge is 0.312 e. The molecule has 3 amide bonds. The number of hydrogen-bond acceptors (Lipinski definition) is 4. The number of para-hydroxylation sites is 1. The lowest BCUT2D eigenvalue weighted by atomic mass is 9.88. The van der Waals surface area contributed by atoms with Gasteiger partial charge in [0.15, 0.2) is 0 Å². The number of ether oxygens (including phenoxy) is 1. The molecule has 0 bridgehead atoms. The highest BCUT2D eigenvalue weighted by molar-refractivity contribution is 5.79. The van der Waals surface area contributed by atoms with E-state index in [0.717, 1.165) is 0 Å². The highest BCUT2D eigenvalue weighted by Gasteiger charge is 2.29. The lowest BCUT2D eigenvalue weighted by Gasteiger charge is -2.34. The first-order valence-corrected chi connectivity index (χ1v) is 9.63. The van der Waals surface area contributed by atoms with E-state index in [9.17, 15) is 9.59 Å². The maximum Gasteiger partial charge on any atom is 0.312 e. The fourth-order valence-electron chi connectivity index (χ4n) is 2.83. The Morgan fingerprint density at radius 2 is 1.72 bits per heavy atom. The van der Waals surface area contributed by atoms with Gasteiger partial charge in [-0.3, -0.25) is 4.79 Å². The monoisotopic (exact) mass is 398 g/mol. The molecule has 0 saturated carbocycles. The van der Waals surface area contributed by atoms with Crippen LogP contribution in [0.25, 0.3) is 0 Å². The molecule has 7 heteroatoms. The normalized spacial score (nSPS) is 14.0. The summed E-state index contributed by atoms with van der Waals surface area (Å²) in [7, 11) is 0. The van der Waals surface area contributed by atoms with E-state index in [4.69, 9.17) is 16.2 Å². The van der Waals surface area contributed by atoms with E-state index in [1.54, 1.807) is 12.1 Å². The predicted octanol–water partition coefficient (Wildman–Crippen LogP) is 3.07. The van der Waals surface area contributed by atoms with Gasteiger partial charge >= 0.3 is 6.03 Å². The van der Waals surface area contributed by atoms with E-state index in [-0.39, 0.29) is 18.2 Å². The highest BCUT2D eigenvalue weighted by atomic mass is 16.5. The van der Waals surface area contributed by atoms with Crippen LogP contribution in [0.3, 0.4) is 0 Å². The molecule has 2 atom stereocenters. The van der Waals surface area contributed by atoms with Crippen molar-refractivity contribution < 1.29 is 14.3 Å². The Kier molecular flexibility index (Phi) is 7.61. The van der Waals surface area contributed by atoms with Crippen LogP contribution >= 0.6 is 0 Å². The van der Waals surface area contributed by atoms with Crippen LogP contribution in [0, 0.1) is 5.92 Å². The highest BCUT2D eigenvalue weighted by Crippen LogP contribution is 2.26. The first-order chi connectivity index (χ1) is 13.7. The first kappa shape index (κ1) is 22.2. The van der Waals surface area contributed by atoms with Gasteiger partial charge in [0.25, 0.3) is 0 Å². The molecule has 0 aliphatic heterocycles. The molecule has 0 aliphatic carbocycles. The van der Waals surface area contributed by atoms with E-state index >= 15 is 0 Å². The molecule has 6 N–H and O–H groups in total. The predicted molar refractivity (Wildman–Crippen MR) is 113 cm³/mol. The van der Waals surface area contributed by atoms with Gasteiger partial charge in [-0.15, -0.1) is 0 Å². The number of rotatable bonds is 9. The maximum atomic E-state index is 12.7. The third-order valence-electron chi connectivity index (χ3n) is 5.07. The molecule has 2 rings (SSSR count). The SMILES string of the molecule is CC(C)C(C)(CN)NC(=O)CC(NC(N)=O)c1cccc(Oc2ccccc2)c1. The molecule has 0 saturated heterocycles. The summed E-state index contributed by atoms with van der Waals surface area (Å²) in [6.07, 6.45) is 0.0278. The molecule has 2 unspecified atom stereocenters. The number of amides is 3. The minimum Gasteiger partial charge on any atom is -0.457 e. The number of primary amides is 1. The van der Waals surface area contributed by atoms with Crippen molar-refractivity contribution >= 4 is 11.9 Å². The molecule has 0 spiro atoms. The number of hydrogen-bond donors (Lipinski definition) is 4. The number of nitrogens with one attached hydrogen (secondary N) is 2. The number of benzene rings is 2. The zero-order valence-electron chi connectivity index (χ0n) is 17.1. The van der Waals surface area contributed by atoms with Crippen LogP contribution in [-0.4, -0.2) is 24.0 Å². The topological polar surface area (TPSA) is 119 Å². The summed E-state index contributed by atoms with van der Waals surface area (Å²) in [5.74, 6) is 1.22.